The van der Waals surface area contributed by atoms with Crippen LogP contribution in [0.1, 0.15) is 0 Å². The molecule has 2 aliphatic carbocycles. The van der Waals surface area contributed by atoms with Crippen molar-refractivity contribution in [2.45, 2.75) is 0 Å². The lowest BCUT2D eigenvalue weighted by Gasteiger charge is -1.98. The maximum absolute atomic E-state index is 2.12. The van der Waals surface area contributed by atoms with E-state index in [2.05, 4.69) is 48.6 Å². The van der Waals surface area contributed by atoms with Gasteiger partial charge in [0.1, 0.15) is 0 Å². The number of fused-ring (bicyclic) bond motifs is 1. The molecule has 0 aromatic carbocycles. The summed E-state index contributed by atoms with van der Waals surface area (Å²) in [5, 5.41) is 0. The van der Waals surface area contributed by atoms with Crippen molar-refractivity contribution in [3.05, 3.63) is 71.9 Å². The molecule has 0 bridgehead atoms. The molecule has 0 radical (unpaired) electrons. The predicted octanol–water partition coefficient (Wildman–Crippen LogP) is 2.27. The van der Waals surface area contributed by atoms with Crippen LogP contribution in [0.2, 0.25) is 0 Å². The number of allylic oxidation sites excluding steroid dienone is 12. The van der Waals surface area contributed by atoms with Crippen LogP contribution in [0.5, 0.6) is 0 Å². The Balaban J connectivity index is 0.000000845. The third kappa shape index (κ3) is 2.17. The van der Waals surface area contributed by atoms with Gasteiger partial charge in [-0.15, -0.1) is 0 Å². The van der Waals surface area contributed by atoms with Crippen LogP contribution in [0, 0.1) is 0 Å². The summed E-state index contributed by atoms with van der Waals surface area (Å²) in [4.78, 5) is 0. The number of rotatable bonds is 0. The molecule has 0 aromatic heterocycles. The molecule has 66 valence electrons. The van der Waals surface area contributed by atoms with Crippen molar-refractivity contribution in [1.82, 2.24) is 0 Å². The molecular formula is C12H12O. The first-order valence-electron chi connectivity index (χ1n) is 4.07. The molecular weight excluding hydrogens is 160 g/mol. The average molecular weight is 172 g/mol. The fourth-order valence-corrected chi connectivity index (χ4v) is 1.26. The van der Waals surface area contributed by atoms with Crippen LogP contribution >= 0.6 is 0 Å². The Labute approximate surface area is 78.1 Å². The van der Waals surface area contributed by atoms with E-state index in [0.29, 0.717) is 0 Å². The maximum Gasteiger partial charge on any atom is -0.0184 e. The fraction of sp³-hybridized carbons (Fsp3) is 0. The Hall–Kier alpha value is -1.60. The van der Waals surface area contributed by atoms with Crippen LogP contribution < -0.4 is 0 Å². The van der Waals surface area contributed by atoms with E-state index in [1.165, 1.54) is 11.1 Å². The van der Waals surface area contributed by atoms with Gasteiger partial charge in [-0.05, 0) is 11.1 Å². The first kappa shape index (κ1) is 9.49. The van der Waals surface area contributed by atoms with Gasteiger partial charge in [-0.3, -0.25) is 0 Å². The summed E-state index contributed by atoms with van der Waals surface area (Å²) < 4.78 is 0. The molecule has 0 amide bonds. The Morgan fingerprint density at radius 2 is 1.00 bits per heavy atom. The second kappa shape index (κ2) is 4.43. The molecule has 0 saturated carbocycles. The van der Waals surface area contributed by atoms with Gasteiger partial charge in [0.25, 0.3) is 0 Å². The Bertz CT molecular complexity index is 313. The Morgan fingerprint density at radius 1 is 0.538 bits per heavy atom. The van der Waals surface area contributed by atoms with E-state index in [4.69, 9.17) is 0 Å². The highest BCUT2D eigenvalue weighted by Gasteiger charge is 1.98. The van der Waals surface area contributed by atoms with Crippen LogP contribution in [-0.4, -0.2) is 5.48 Å². The molecule has 2 N–H and O–H groups in total. The monoisotopic (exact) mass is 172 g/mol. The van der Waals surface area contributed by atoms with E-state index >= 15 is 0 Å². The Morgan fingerprint density at radius 3 is 1.46 bits per heavy atom. The summed E-state index contributed by atoms with van der Waals surface area (Å²) in [5.74, 6) is 0. The highest BCUT2D eigenvalue weighted by Crippen LogP contribution is 2.18. The van der Waals surface area contributed by atoms with Crippen LogP contribution in [-0.2, 0) is 0 Å². The molecule has 0 spiro atoms. The van der Waals surface area contributed by atoms with Crippen LogP contribution in [0.3, 0.4) is 0 Å². The van der Waals surface area contributed by atoms with Crippen LogP contribution in [0.25, 0.3) is 0 Å². The first-order chi connectivity index (χ1) is 5.97. The van der Waals surface area contributed by atoms with Crippen LogP contribution in [0.15, 0.2) is 71.9 Å². The minimum atomic E-state index is 0. The van der Waals surface area contributed by atoms with Crippen molar-refractivity contribution in [2.75, 3.05) is 0 Å². The van der Waals surface area contributed by atoms with E-state index < -0.39 is 0 Å². The molecule has 1 heteroatoms. The summed E-state index contributed by atoms with van der Waals surface area (Å²) in [6.07, 6.45) is 20.8. The molecule has 0 aromatic rings. The molecule has 0 heterocycles. The van der Waals surface area contributed by atoms with Crippen molar-refractivity contribution in [3.8, 4) is 0 Å². The summed E-state index contributed by atoms with van der Waals surface area (Å²) in [7, 11) is 0. The number of hydrogen-bond acceptors (Lipinski definition) is 0. The average Bonchev–Trinajstić information content (AvgIpc) is 2.38. The maximum atomic E-state index is 2.12. The zero-order chi connectivity index (χ0) is 8.23. The standard InChI is InChI=1S/C12H10.H2O/c1-3-7-11-9-5-2-6-10-12(11)8-4-1;/h1-10H;1H2. The second-order valence-corrected chi connectivity index (χ2v) is 2.73. The summed E-state index contributed by atoms with van der Waals surface area (Å²) in [5.41, 5.74) is 2.54. The smallest absolute Gasteiger partial charge is 0.0184 e. The second-order valence-electron chi connectivity index (χ2n) is 2.73. The van der Waals surface area contributed by atoms with Gasteiger partial charge in [-0.2, -0.15) is 0 Å². The molecule has 13 heavy (non-hydrogen) atoms. The van der Waals surface area contributed by atoms with Gasteiger partial charge in [0.15, 0.2) is 0 Å². The zero-order valence-electron chi connectivity index (χ0n) is 7.27. The lowest BCUT2D eigenvalue weighted by atomic mass is 10.1. The lowest BCUT2D eigenvalue weighted by Crippen LogP contribution is -1.79. The van der Waals surface area contributed by atoms with Gasteiger partial charge < -0.3 is 5.48 Å². The topological polar surface area (TPSA) is 31.5 Å². The third-order valence-electron chi connectivity index (χ3n) is 1.88. The van der Waals surface area contributed by atoms with Gasteiger partial charge in [-0.25, -0.2) is 0 Å². The van der Waals surface area contributed by atoms with E-state index in [-0.39, 0.29) is 5.48 Å². The molecule has 0 unspecified atom stereocenters. The summed E-state index contributed by atoms with van der Waals surface area (Å²) in [6.45, 7) is 0. The normalized spacial score (nSPS) is 17.8. The van der Waals surface area contributed by atoms with Crippen molar-refractivity contribution >= 4 is 0 Å². The van der Waals surface area contributed by atoms with Gasteiger partial charge in [0, 0.05) is 0 Å². The highest BCUT2D eigenvalue weighted by molar-refractivity contribution is 5.53. The zero-order valence-corrected chi connectivity index (χ0v) is 7.27. The fourth-order valence-electron chi connectivity index (χ4n) is 1.26. The summed E-state index contributed by atoms with van der Waals surface area (Å²) in [6, 6.07) is 0. The molecule has 0 aliphatic heterocycles. The highest BCUT2D eigenvalue weighted by atomic mass is 16.0. The minimum Gasteiger partial charge on any atom is -0.412 e. The van der Waals surface area contributed by atoms with Crippen molar-refractivity contribution in [3.63, 3.8) is 0 Å². The van der Waals surface area contributed by atoms with Crippen molar-refractivity contribution in [2.24, 2.45) is 0 Å². The van der Waals surface area contributed by atoms with E-state index in [1.54, 1.807) is 0 Å². The van der Waals surface area contributed by atoms with Crippen molar-refractivity contribution in [1.29, 1.82) is 0 Å². The molecule has 2 aliphatic rings. The van der Waals surface area contributed by atoms with Gasteiger partial charge in [0.2, 0.25) is 0 Å². The lowest BCUT2D eigenvalue weighted by molar-refractivity contribution is 0.824. The SMILES string of the molecule is C1=CC=C2C=CC=CC=C2C=C1.O. The quantitative estimate of drug-likeness (QED) is 0.537. The summed E-state index contributed by atoms with van der Waals surface area (Å²) >= 11 is 0. The van der Waals surface area contributed by atoms with Crippen LogP contribution in [0.4, 0.5) is 0 Å². The molecule has 0 atom stereocenters. The van der Waals surface area contributed by atoms with Gasteiger partial charge >= 0.3 is 0 Å². The Kier molecular flexibility index (Phi) is 3.23. The van der Waals surface area contributed by atoms with Gasteiger partial charge in [-0.1, -0.05) is 60.8 Å². The van der Waals surface area contributed by atoms with E-state index in [1.807, 2.05) is 12.2 Å². The molecule has 0 saturated heterocycles. The van der Waals surface area contributed by atoms with E-state index in [9.17, 15) is 0 Å². The molecule has 1 nitrogen and oxygen atoms in total. The van der Waals surface area contributed by atoms with Crippen molar-refractivity contribution < 1.29 is 5.48 Å². The van der Waals surface area contributed by atoms with Gasteiger partial charge in [0.05, 0.1) is 0 Å². The third-order valence-corrected chi connectivity index (χ3v) is 1.88. The largest absolute Gasteiger partial charge is 0.412 e. The molecule has 2 rings (SSSR count). The van der Waals surface area contributed by atoms with E-state index in [0.717, 1.165) is 0 Å². The number of hydrogen-bond donors (Lipinski definition) is 0. The predicted molar refractivity (Wildman–Crippen MR) is 56.3 cm³/mol. The minimum absolute atomic E-state index is 0. The first-order valence-corrected chi connectivity index (χ1v) is 4.07. The molecule has 0 fully saturated rings.